The van der Waals surface area contributed by atoms with Crippen LogP contribution in [0, 0.1) is 12.7 Å². The van der Waals surface area contributed by atoms with Crippen LogP contribution in [-0.2, 0) is 4.79 Å². The fourth-order valence-electron chi connectivity index (χ4n) is 2.13. The number of aromatic nitrogens is 1. The molecule has 6 heteroatoms. The van der Waals surface area contributed by atoms with Gasteiger partial charge in [0, 0.05) is 22.8 Å². The average molecular weight is 346 g/mol. The lowest BCUT2D eigenvalue weighted by Crippen LogP contribution is -2.11. The van der Waals surface area contributed by atoms with Crippen LogP contribution in [0.2, 0.25) is 0 Å². The highest BCUT2D eigenvalue weighted by molar-refractivity contribution is 7.99. The van der Waals surface area contributed by atoms with E-state index in [9.17, 15) is 9.18 Å². The molecule has 0 aliphatic rings. The summed E-state index contributed by atoms with van der Waals surface area (Å²) in [6.45, 7) is 1.97. The van der Waals surface area contributed by atoms with E-state index in [0.29, 0.717) is 12.2 Å². The lowest BCUT2D eigenvalue weighted by atomic mass is 10.3. The molecule has 0 aliphatic carbocycles. The van der Waals surface area contributed by atoms with Crippen LogP contribution in [0.5, 0.6) is 0 Å². The summed E-state index contributed by atoms with van der Waals surface area (Å²) >= 11 is 3.15. The molecule has 1 N–H and O–H groups in total. The second-order valence-corrected chi connectivity index (χ2v) is 7.42. The van der Waals surface area contributed by atoms with Crippen LogP contribution < -0.4 is 5.32 Å². The number of thioether (sulfide) groups is 1. The van der Waals surface area contributed by atoms with Crippen molar-refractivity contribution in [3.8, 4) is 0 Å². The van der Waals surface area contributed by atoms with E-state index in [2.05, 4.69) is 10.3 Å². The second kappa shape index (κ2) is 7.10. The van der Waals surface area contributed by atoms with Gasteiger partial charge in [-0.1, -0.05) is 0 Å². The minimum Gasteiger partial charge on any atom is -0.326 e. The minimum absolute atomic E-state index is 0.0276. The molecule has 1 heterocycles. The van der Waals surface area contributed by atoms with E-state index in [-0.39, 0.29) is 11.7 Å². The SMILES string of the molecule is Cc1nc2ccc(NC(=O)CCSc3ccc(F)cc3)cc2s1. The molecule has 0 radical (unpaired) electrons. The summed E-state index contributed by atoms with van der Waals surface area (Å²) in [5.41, 5.74) is 1.75. The molecule has 118 valence electrons. The number of benzene rings is 2. The first-order chi connectivity index (χ1) is 11.1. The van der Waals surface area contributed by atoms with Crippen LogP contribution in [0.15, 0.2) is 47.4 Å². The molecule has 0 saturated heterocycles. The van der Waals surface area contributed by atoms with Crippen LogP contribution in [0.1, 0.15) is 11.4 Å². The number of hydrogen-bond acceptors (Lipinski definition) is 4. The summed E-state index contributed by atoms with van der Waals surface area (Å²) in [6, 6.07) is 12.0. The monoisotopic (exact) mass is 346 g/mol. The number of carbonyl (C=O) groups is 1. The van der Waals surface area contributed by atoms with Gasteiger partial charge in [0.25, 0.3) is 0 Å². The maximum Gasteiger partial charge on any atom is 0.225 e. The summed E-state index contributed by atoms with van der Waals surface area (Å²) in [7, 11) is 0. The van der Waals surface area contributed by atoms with E-state index >= 15 is 0 Å². The van der Waals surface area contributed by atoms with Crippen molar-refractivity contribution in [1.29, 1.82) is 0 Å². The predicted molar refractivity (Wildman–Crippen MR) is 94.7 cm³/mol. The van der Waals surface area contributed by atoms with Crippen LogP contribution >= 0.6 is 23.1 Å². The van der Waals surface area contributed by atoms with E-state index in [1.807, 2.05) is 25.1 Å². The summed E-state index contributed by atoms with van der Waals surface area (Å²) in [5.74, 6) is 0.375. The zero-order valence-electron chi connectivity index (χ0n) is 12.5. The number of rotatable bonds is 5. The third kappa shape index (κ3) is 4.30. The Morgan fingerprint density at radius 1 is 1.26 bits per heavy atom. The van der Waals surface area contributed by atoms with Crippen LogP contribution in [0.4, 0.5) is 10.1 Å². The van der Waals surface area contributed by atoms with Gasteiger partial charge in [-0.3, -0.25) is 4.79 Å². The molecule has 1 amide bonds. The van der Waals surface area contributed by atoms with Crippen molar-refractivity contribution in [3.05, 3.63) is 53.3 Å². The first-order valence-electron chi connectivity index (χ1n) is 7.15. The summed E-state index contributed by atoms with van der Waals surface area (Å²) < 4.78 is 13.9. The molecule has 0 aliphatic heterocycles. The summed E-state index contributed by atoms with van der Waals surface area (Å²) in [4.78, 5) is 17.4. The fourth-order valence-corrected chi connectivity index (χ4v) is 3.85. The Labute approximate surface area is 141 Å². The summed E-state index contributed by atoms with van der Waals surface area (Å²) in [6.07, 6.45) is 0.405. The van der Waals surface area contributed by atoms with Gasteiger partial charge in [-0.15, -0.1) is 23.1 Å². The molecule has 3 rings (SSSR count). The molecule has 0 fully saturated rings. The van der Waals surface area contributed by atoms with Gasteiger partial charge in [0.1, 0.15) is 5.82 Å². The normalized spacial score (nSPS) is 10.9. The number of nitrogens with zero attached hydrogens (tertiary/aromatic N) is 1. The van der Waals surface area contributed by atoms with Crippen molar-refractivity contribution < 1.29 is 9.18 Å². The molecule has 23 heavy (non-hydrogen) atoms. The first-order valence-corrected chi connectivity index (χ1v) is 8.96. The van der Waals surface area contributed by atoms with Crippen LogP contribution in [0.3, 0.4) is 0 Å². The van der Waals surface area contributed by atoms with Gasteiger partial charge in [-0.05, 0) is 49.4 Å². The number of amides is 1. The molecule has 0 saturated carbocycles. The second-order valence-electron chi connectivity index (χ2n) is 5.02. The Bertz CT molecular complexity index is 830. The molecule has 3 nitrogen and oxygen atoms in total. The van der Waals surface area contributed by atoms with Crippen molar-refractivity contribution >= 4 is 44.9 Å². The molecule has 1 aromatic heterocycles. The Kier molecular flexibility index (Phi) is 4.93. The maximum absolute atomic E-state index is 12.8. The van der Waals surface area contributed by atoms with E-state index in [1.165, 1.54) is 23.9 Å². The number of halogens is 1. The topological polar surface area (TPSA) is 42.0 Å². The molecule has 0 spiro atoms. The Morgan fingerprint density at radius 3 is 2.83 bits per heavy atom. The molecule has 0 atom stereocenters. The molecule has 0 bridgehead atoms. The zero-order chi connectivity index (χ0) is 16.2. The molecule has 2 aromatic carbocycles. The summed E-state index contributed by atoms with van der Waals surface area (Å²) in [5, 5.41) is 3.92. The number of nitrogens with one attached hydrogen (secondary N) is 1. The van der Waals surface area contributed by atoms with Gasteiger partial charge < -0.3 is 5.32 Å². The van der Waals surface area contributed by atoms with Crippen molar-refractivity contribution in [2.24, 2.45) is 0 Å². The Hall–Kier alpha value is -1.92. The number of aryl methyl sites for hydroxylation is 1. The number of fused-ring (bicyclic) bond motifs is 1. The smallest absolute Gasteiger partial charge is 0.225 e. The third-order valence-corrected chi connectivity index (χ3v) is 5.14. The number of anilines is 1. The Balaban J connectivity index is 1.52. The minimum atomic E-state index is -0.249. The van der Waals surface area contributed by atoms with Crippen LogP contribution in [0.25, 0.3) is 10.2 Å². The average Bonchev–Trinajstić information content (AvgIpc) is 2.88. The highest BCUT2D eigenvalue weighted by Gasteiger charge is 2.06. The lowest BCUT2D eigenvalue weighted by Gasteiger charge is -2.05. The lowest BCUT2D eigenvalue weighted by molar-refractivity contribution is -0.115. The van der Waals surface area contributed by atoms with E-state index in [4.69, 9.17) is 0 Å². The molecule has 0 unspecified atom stereocenters. The van der Waals surface area contributed by atoms with Gasteiger partial charge >= 0.3 is 0 Å². The largest absolute Gasteiger partial charge is 0.326 e. The number of hydrogen-bond donors (Lipinski definition) is 1. The predicted octanol–water partition coefficient (Wildman–Crippen LogP) is 4.86. The van der Waals surface area contributed by atoms with E-state index in [1.54, 1.807) is 23.5 Å². The van der Waals surface area contributed by atoms with Crippen molar-refractivity contribution in [1.82, 2.24) is 4.98 Å². The highest BCUT2D eigenvalue weighted by atomic mass is 32.2. The maximum atomic E-state index is 12.8. The number of thiazole rings is 1. The standard InChI is InChI=1S/C17H15FN2OS2/c1-11-19-15-7-4-13(10-16(15)23-11)20-17(21)8-9-22-14-5-2-12(18)3-6-14/h2-7,10H,8-9H2,1H3,(H,20,21). The molecular weight excluding hydrogens is 331 g/mol. The van der Waals surface area contributed by atoms with Crippen LogP contribution in [-0.4, -0.2) is 16.6 Å². The van der Waals surface area contributed by atoms with Gasteiger partial charge in [0.2, 0.25) is 5.91 Å². The number of carbonyl (C=O) groups excluding carboxylic acids is 1. The first kappa shape index (κ1) is 16.0. The third-order valence-electron chi connectivity index (χ3n) is 3.19. The highest BCUT2D eigenvalue weighted by Crippen LogP contribution is 2.25. The van der Waals surface area contributed by atoms with Gasteiger partial charge in [-0.2, -0.15) is 0 Å². The molecular formula is C17H15FN2OS2. The van der Waals surface area contributed by atoms with Gasteiger partial charge in [-0.25, -0.2) is 9.37 Å². The van der Waals surface area contributed by atoms with Gasteiger partial charge in [0.15, 0.2) is 0 Å². The van der Waals surface area contributed by atoms with Crippen molar-refractivity contribution in [3.63, 3.8) is 0 Å². The Morgan fingerprint density at radius 2 is 2.04 bits per heavy atom. The van der Waals surface area contributed by atoms with E-state index < -0.39 is 0 Å². The van der Waals surface area contributed by atoms with Crippen molar-refractivity contribution in [2.45, 2.75) is 18.2 Å². The zero-order valence-corrected chi connectivity index (χ0v) is 14.1. The molecule has 3 aromatic rings. The van der Waals surface area contributed by atoms with Gasteiger partial charge in [0.05, 0.1) is 15.2 Å². The fraction of sp³-hybridized carbons (Fsp3) is 0.176. The quantitative estimate of drug-likeness (QED) is 0.671. The van der Waals surface area contributed by atoms with Crippen molar-refractivity contribution in [2.75, 3.05) is 11.1 Å². The van der Waals surface area contributed by atoms with E-state index in [0.717, 1.165) is 25.8 Å².